The summed E-state index contributed by atoms with van der Waals surface area (Å²) in [4.78, 5) is 33.4. The molecule has 3 heterocycles. The van der Waals surface area contributed by atoms with Crippen molar-refractivity contribution in [1.82, 2.24) is 15.2 Å². The van der Waals surface area contributed by atoms with Crippen LogP contribution in [0.15, 0.2) is 60.8 Å². The highest BCUT2D eigenvalue weighted by Gasteiger charge is 2.31. The van der Waals surface area contributed by atoms with Crippen LogP contribution in [0.2, 0.25) is 0 Å². The topological polar surface area (TPSA) is 96.0 Å². The van der Waals surface area contributed by atoms with Gasteiger partial charge in [-0.15, -0.1) is 0 Å². The number of hydrogen-bond donors (Lipinski definition) is 2. The van der Waals surface area contributed by atoms with E-state index in [0.717, 1.165) is 57.0 Å². The maximum atomic E-state index is 13.0. The minimum atomic E-state index is -4.50. The minimum Gasteiger partial charge on any atom is -0.457 e. The molecule has 2 aromatic carbocycles. The highest BCUT2D eigenvalue weighted by Crippen LogP contribution is 2.34. The van der Waals surface area contributed by atoms with Crippen molar-refractivity contribution < 1.29 is 32.2 Å². The summed E-state index contributed by atoms with van der Waals surface area (Å²) in [6, 6.07) is 12.4. The van der Waals surface area contributed by atoms with E-state index in [-0.39, 0.29) is 17.3 Å². The van der Waals surface area contributed by atoms with Gasteiger partial charge in [-0.05, 0) is 67.4 Å². The molecule has 0 radical (unpaired) electrons. The Morgan fingerprint density at radius 3 is 2.61 bits per heavy atom. The SMILES string of the molecule is O=C(NCCCN1CCOCC1)c1cc(Oc2ccc3c(c2)CCN3C(=O)Nc2cccc(C(F)(F)F)c2)ccn1. The zero-order valence-corrected chi connectivity index (χ0v) is 22.2. The van der Waals surface area contributed by atoms with E-state index in [9.17, 15) is 22.8 Å². The molecule has 3 aromatic rings. The van der Waals surface area contributed by atoms with Crippen molar-refractivity contribution in [2.75, 3.05) is 56.2 Å². The fourth-order valence-corrected chi connectivity index (χ4v) is 4.77. The van der Waals surface area contributed by atoms with Gasteiger partial charge in [-0.3, -0.25) is 19.6 Å². The number of urea groups is 1. The van der Waals surface area contributed by atoms with E-state index in [1.807, 2.05) is 0 Å². The molecule has 2 N–H and O–H groups in total. The molecule has 41 heavy (non-hydrogen) atoms. The fraction of sp³-hybridized carbons (Fsp3) is 0.345. The highest BCUT2D eigenvalue weighted by atomic mass is 19.4. The lowest BCUT2D eigenvalue weighted by atomic mass is 10.1. The first-order valence-electron chi connectivity index (χ1n) is 13.4. The summed E-state index contributed by atoms with van der Waals surface area (Å²) in [6.07, 6.45) is -1.62. The van der Waals surface area contributed by atoms with Crippen LogP contribution in [0.4, 0.5) is 29.3 Å². The number of amides is 3. The first-order chi connectivity index (χ1) is 19.8. The van der Waals surface area contributed by atoms with Crippen molar-refractivity contribution in [2.45, 2.75) is 19.0 Å². The number of pyridine rings is 1. The van der Waals surface area contributed by atoms with Gasteiger partial charge in [0, 0.05) is 49.8 Å². The summed E-state index contributed by atoms with van der Waals surface area (Å²) in [5, 5.41) is 5.44. The number of nitrogens with zero attached hydrogens (tertiary/aromatic N) is 3. The number of hydrogen-bond acceptors (Lipinski definition) is 6. The predicted octanol–water partition coefficient (Wildman–Crippen LogP) is 4.94. The molecule has 1 fully saturated rings. The summed E-state index contributed by atoms with van der Waals surface area (Å²) in [6.45, 7) is 5.09. The molecule has 216 valence electrons. The molecule has 9 nitrogen and oxygen atoms in total. The maximum absolute atomic E-state index is 13.0. The van der Waals surface area contributed by atoms with E-state index < -0.39 is 17.8 Å². The minimum absolute atomic E-state index is 0.0628. The molecule has 0 atom stereocenters. The van der Waals surface area contributed by atoms with Crippen LogP contribution in [-0.4, -0.2) is 67.8 Å². The first kappa shape index (κ1) is 28.4. The van der Waals surface area contributed by atoms with Gasteiger partial charge >= 0.3 is 12.2 Å². The van der Waals surface area contributed by atoms with Crippen LogP contribution < -0.4 is 20.3 Å². The third-order valence-electron chi connectivity index (χ3n) is 6.87. The van der Waals surface area contributed by atoms with Crippen LogP contribution in [0.3, 0.4) is 0 Å². The number of carbonyl (C=O) groups is 2. The van der Waals surface area contributed by atoms with Crippen LogP contribution in [-0.2, 0) is 17.3 Å². The average molecular weight is 570 g/mol. The van der Waals surface area contributed by atoms with E-state index in [0.29, 0.717) is 36.7 Å². The first-order valence-corrected chi connectivity index (χ1v) is 13.4. The number of aromatic nitrogens is 1. The number of anilines is 2. The Hall–Kier alpha value is -4.16. The summed E-state index contributed by atoms with van der Waals surface area (Å²) in [5.41, 5.74) is 0.974. The smallest absolute Gasteiger partial charge is 0.416 e. The molecule has 12 heteroatoms. The number of rotatable bonds is 8. The third kappa shape index (κ3) is 7.33. The number of alkyl halides is 3. The van der Waals surface area contributed by atoms with E-state index >= 15 is 0 Å². The van der Waals surface area contributed by atoms with E-state index in [1.165, 1.54) is 23.2 Å². The van der Waals surface area contributed by atoms with Crippen LogP contribution in [0, 0.1) is 0 Å². The number of carbonyl (C=O) groups excluding carboxylic acids is 2. The third-order valence-corrected chi connectivity index (χ3v) is 6.87. The Balaban J connectivity index is 1.16. The van der Waals surface area contributed by atoms with Crippen molar-refractivity contribution in [3.05, 3.63) is 77.6 Å². The lowest BCUT2D eigenvalue weighted by molar-refractivity contribution is -0.137. The summed E-state index contributed by atoms with van der Waals surface area (Å²) < 4.78 is 50.4. The standard InChI is InChI=1S/C29H30F3N5O4/c30-29(31,32)21-3-1-4-22(18-21)35-28(39)37-12-8-20-17-23(5-6-26(20)37)41-24-7-10-33-25(19-24)27(38)34-9-2-11-36-13-15-40-16-14-36/h1,3-7,10,17-19H,2,8-9,11-16H2,(H,34,38)(H,35,39). The second kappa shape index (κ2) is 12.6. The Morgan fingerprint density at radius 1 is 1.00 bits per heavy atom. The number of morpholine rings is 1. The molecule has 1 aromatic heterocycles. The van der Waals surface area contributed by atoms with E-state index in [1.54, 1.807) is 30.3 Å². The van der Waals surface area contributed by atoms with Crippen LogP contribution in [0.1, 0.15) is 28.0 Å². The van der Waals surface area contributed by atoms with Gasteiger partial charge in [0.25, 0.3) is 5.91 Å². The normalized spacial score (nSPS) is 15.3. The Bertz CT molecular complexity index is 1390. The summed E-state index contributed by atoms with van der Waals surface area (Å²) >= 11 is 0. The zero-order valence-electron chi connectivity index (χ0n) is 22.2. The largest absolute Gasteiger partial charge is 0.457 e. The Kier molecular flexibility index (Phi) is 8.70. The second-order valence-electron chi connectivity index (χ2n) is 9.74. The summed E-state index contributed by atoms with van der Waals surface area (Å²) in [7, 11) is 0. The molecule has 2 aliphatic heterocycles. The molecule has 3 amide bonds. The number of fused-ring (bicyclic) bond motifs is 1. The molecule has 1 saturated heterocycles. The molecular weight excluding hydrogens is 539 g/mol. The van der Waals surface area contributed by atoms with Gasteiger partial charge in [0.1, 0.15) is 17.2 Å². The molecule has 0 unspecified atom stereocenters. The second-order valence-corrected chi connectivity index (χ2v) is 9.74. The molecule has 0 bridgehead atoms. The average Bonchev–Trinajstić information content (AvgIpc) is 3.39. The van der Waals surface area contributed by atoms with Gasteiger partial charge < -0.3 is 20.1 Å². The predicted molar refractivity (Wildman–Crippen MR) is 146 cm³/mol. The molecule has 0 spiro atoms. The Morgan fingerprint density at radius 2 is 1.80 bits per heavy atom. The van der Waals surface area contributed by atoms with Crippen molar-refractivity contribution >= 4 is 23.3 Å². The van der Waals surface area contributed by atoms with Gasteiger partial charge in [-0.1, -0.05) is 6.07 Å². The number of nitrogens with one attached hydrogen (secondary N) is 2. The molecule has 0 aliphatic carbocycles. The molecule has 5 rings (SSSR count). The van der Waals surface area contributed by atoms with Gasteiger partial charge in [-0.2, -0.15) is 13.2 Å². The van der Waals surface area contributed by atoms with Crippen LogP contribution in [0.25, 0.3) is 0 Å². The van der Waals surface area contributed by atoms with Gasteiger partial charge in [0.15, 0.2) is 0 Å². The maximum Gasteiger partial charge on any atom is 0.416 e. The van der Waals surface area contributed by atoms with E-state index in [4.69, 9.17) is 9.47 Å². The van der Waals surface area contributed by atoms with Gasteiger partial charge in [0.05, 0.1) is 18.8 Å². The molecule has 2 aliphatic rings. The molecular formula is C29H30F3N5O4. The Labute approximate surface area is 235 Å². The van der Waals surface area contributed by atoms with Gasteiger partial charge in [0.2, 0.25) is 0 Å². The number of halogens is 3. The zero-order chi connectivity index (χ0) is 28.8. The van der Waals surface area contributed by atoms with Gasteiger partial charge in [-0.25, -0.2) is 4.79 Å². The van der Waals surface area contributed by atoms with Crippen molar-refractivity contribution in [1.29, 1.82) is 0 Å². The fourth-order valence-electron chi connectivity index (χ4n) is 4.77. The van der Waals surface area contributed by atoms with Crippen molar-refractivity contribution in [2.24, 2.45) is 0 Å². The van der Waals surface area contributed by atoms with Crippen molar-refractivity contribution in [3.63, 3.8) is 0 Å². The lowest BCUT2D eigenvalue weighted by Gasteiger charge is -2.26. The van der Waals surface area contributed by atoms with Crippen LogP contribution in [0.5, 0.6) is 11.5 Å². The lowest BCUT2D eigenvalue weighted by Crippen LogP contribution is -2.38. The highest BCUT2D eigenvalue weighted by molar-refractivity contribution is 6.03. The summed E-state index contributed by atoms with van der Waals surface area (Å²) in [5.74, 6) is 0.677. The number of benzene rings is 2. The quantitative estimate of drug-likeness (QED) is 0.373. The van der Waals surface area contributed by atoms with Crippen molar-refractivity contribution in [3.8, 4) is 11.5 Å². The van der Waals surface area contributed by atoms with E-state index in [2.05, 4.69) is 20.5 Å². The molecule has 0 saturated carbocycles. The monoisotopic (exact) mass is 569 g/mol. The van der Waals surface area contributed by atoms with Crippen LogP contribution >= 0.6 is 0 Å². The number of ether oxygens (including phenoxy) is 2.